The number of likely N-dealkylation sites (N-methyl/N-ethyl adjacent to an activating group) is 1. The zero-order valence-corrected chi connectivity index (χ0v) is 40.5. The molecule has 4 aliphatic rings. The molecule has 18 heteroatoms. The van der Waals surface area contributed by atoms with Gasteiger partial charge in [-0.05, 0) is 145 Å². The number of rotatable bonds is 7. The maximum atomic E-state index is 16.3. The van der Waals surface area contributed by atoms with E-state index >= 15 is 13.6 Å². The number of aryl methyl sites for hydroxylation is 3. The van der Waals surface area contributed by atoms with Crippen molar-refractivity contribution in [2.24, 2.45) is 13.0 Å². The van der Waals surface area contributed by atoms with Crippen LogP contribution in [0, 0.1) is 31.4 Å². The molecule has 8 aromatic rings. The number of benzene rings is 3. The van der Waals surface area contributed by atoms with Crippen molar-refractivity contribution in [3.05, 3.63) is 139 Å². The highest BCUT2D eigenvalue weighted by Crippen LogP contribution is 2.56. The molecule has 6 atom stereocenters. The Kier molecular flexibility index (Phi) is 9.83. The van der Waals surface area contributed by atoms with Crippen molar-refractivity contribution in [1.82, 2.24) is 53.2 Å². The van der Waals surface area contributed by atoms with Crippen molar-refractivity contribution in [3.63, 3.8) is 0 Å². The average molecular weight is 952 g/mol. The predicted molar refractivity (Wildman–Crippen MR) is 257 cm³/mol. The zero-order chi connectivity index (χ0) is 48.9. The lowest BCUT2D eigenvalue weighted by Crippen LogP contribution is -2.56. The minimum absolute atomic E-state index is 0.0163. The van der Waals surface area contributed by atoms with E-state index in [0.29, 0.717) is 71.2 Å². The van der Waals surface area contributed by atoms with E-state index in [4.69, 9.17) is 14.4 Å². The molecule has 3 fully saturated rings. The number of hydrogen-bond acceptors (Lipinski definition) is 9. The molecule has 12 rings (SSSR count). The lowest BCUT2D eigenvalue weighted by atomic mass is 9.79. The van der Waals surface area contributed by atoms with Gasteiger partial charge in [-0.3, -0.25) is 28.1 Å². The summed E-state index contributed by atoms with van der Waals surface area (Å²) in [4.78, 5) is 50.9. The number of amides is 1. The van der Waals surface area contributed by atoms with E-state index in [1.54, 1.807) is 60.7 Å². The third kappa shape index (κ3) is 6.51. The number of nitrogens with zero attached hydrogens (tertiary/aromatic N) is 10. The van der Waals surface area contributed by atoms with Crippen LogP contribution in [0.5, 0.6) is 0 Å². The quantitative estimate of drug-likeness (QED) is 0.169. The molecule has 16 nitrogen and oxygen atoms in total. The van der Waals surface area contributed by atoms with Crippen LogP contribution in [0.15, 0.2) is 81.2 Å². The molecule has 362 valence electrons. The number of fused-ring (bicyclic) bond motifs is 5. The van der Waals surface area contributed by atoms with Crippen molar-refractivity contribution >= 4 is 27.7 Å². The zero-order valence-electron chi connectivity index (χ0n) is 40.5. The highest BCUT2D eigenvalue weighted by atomic mass is 19.1. The predicted octanol–water partition coefficient (Wildman–Crippen LogP) is 7.69. The largest absolute Gasteiger partial charge is 0.438 e. The standard InChI is InChI=1S/C52H55F2N11O5/c1-27-19-34(20-28(2)43(27)53)65-46(62-17-16-61(50(62)68)39-12-11-38-36(44(39)54)25-55-60(38)8)42-30(4)63(41-26-59(7)15-13-35(41)45(42)57-65)47(66)40-22-33-21-31(32-14-18-69-51(5,6)24-32)9-10-37(33)64(40)52(23-29(52)3)48-56-49(67)70-58-48/h9-12,16-17,19-22,25,29-30,32,35,41H,13-15,18,23-24,26H2,1-8H3,(H,56,58,67)/t29-,30-,32-,35?,41?,52-/m0/s1. The molecule has 3 aliphatic heterocycles. The van der Waals surface area contributed by atoms with Gasteiger partial charge in [0.2, 0.25) is 0 Å². The molecule has 0 bridgehead atoms. The Morgan fingerprint density at radius 2 is 1.66 bits per heavy atom. The third-order valence-corrected chi connectivity index (χ3v) is 16.0. The molecule has 0 spiro atoms. The highest BCUT2D eigenvalue weighted by Gasteiger charge is 2.60. The fraction of sp³-hybridized carbons (Fsp3) is 0.423. The van der Waals surface area contributed by atoms with Gasteiger partial charge in [-0.25, -0.2) is 23.1 Å². The van der Waals surface area contributed by atoms with Crippen molar-refractivity contribution in [2.75, 3.05) is 26.7 Å². The lowest BCUT2D eigenvalue weighted by Gasteiger charge is -2.49. The third-order valence-electron chi connectivity index (χ3n) is 16.0. The van der Waals surface area contributed by atoms with Crippen LogP contribution in [0.1, 0.15) is 116 Å². The summed E-state index contributed by atoms with van der Waals surface area (Å²) in [6.45, 7) is 13.6. The Bertz CT molecular complexity index is 3570. The minimum atomic E-state index is -0.882. The Morgan fingerprint density at radius 3 is 2.37 bits per heavy atom. The number of H-pyrrole nitrogens is 1. The number of hydrogen-bond donors (Lipinski definition) is 1. The van der Waals surface area contributed by atoms with E-state index in [0.717, 1.165) is 36.0 Å². The van der Waals surface area contributed by atoms with Crippen LogP contribution in [-0.4, -0.2) is 97.5 Å². The first-order valence-corrected chi connectivity index (χ1v) is 24.1. The first-order valence-electron chi connectivity index (χ1n) is 24.1. The summed E-state index contributed by atoms with van der Waals surface area (Å²) in [6.07, 6.45) is 7.55. The maximum absolute atomic E-state index is 16.3. The van der Waals surface area contributed by atoms with Crippen LogP contribution in [0.3, 0.4) is 0 Å². The molecule has 8 heterocycles. The van der Waals surface area contributed by atoms with Crippen LogP contribution >= 0.6 is 0 Å². The fourth-order valence-corrected chi connectivity index (χ4v) is 12.4. The van der Waals surface area contributed by atoms with Crippen LogP contribution < -0.4 is 11.4 Å². The minimum Gasteiger partial charge on any atom is -0.376 e. The molecule has 3 aromatic carbocycles. The molecule has 2 saturated heterocycles. The van der Waals surface area contributed by atoms with Crippen molar-refractivity contribution in [3.8, 4) is 17.2 Å². The Labute approximate surface area is 401 Å². The number of nitrogens with one attached hydrogen (secondary N) is 1. The fourth-order valence-electron chi connectivity index (χ4n) is 12.4. The first-order chi connectivity index (χ1) is 33.5. The van der Waals surface area contributed by atoms with E-state index in [2.05, 4.69) is 70.7 Å². The summed E-state index contributed by atoms with van der Waals surface area (Å²) in [5.74, 6) is -1.15. The molecule has 0 radical (unpaired) electrons. The summed E-state index contributed by atoms with van der Waals surface area (Å²) < 4.78 is 51.0. The van der Waals surface area contributed by atoms with E-state index < -0.39 is 28.8 Å². The van der Waals surface area contributed by atoms with Gasteiger partial charge in [-0.1, -0.05) is 18.1 Å². The van der Waals surface area contributed by atoms with Gasteiger partial charge in [0.05, 0.1) is 51.9 Å². The summed E-state index contributed by atoms with van der Waals surface area (Å²) in [7, 11) is 3.78. The van der Waals surface area contributed by atoms with E-state index in [-0.39, 0.29) is 52.2 Å². The Hall–Kier alpha value is -6.92. The number of halogens is 2. The molecule has 2 unspecified atom stereocenters. The van der Waals surface area contributed by atoms with Crippen LogP contribution in [0.2, 0.25) is 0 Å². The van der Waals surface area contributed by atoms with Gasteiger partial charge in [-0.15, -0.1) is 0 Å². The van der Waals surface area contributed by atoms with E-state index in [9.17, 15) is 9.59 Å². The van der Waals surface area contributed by atoms with E-state index in [1.807, 2.05) is 17.9 Å². The average Bonchev–Trinajstić information content (AvgIpc) is 3.96. The number of imidazole rings is 1. The first kappa shape index (κ1) is 44.3. The topological polar surface area (TPSA) is 159 Å². The number of aromatic nitrogens is 9. The van der Waals surface area contributed by atoms with E-state index in [1.165, 1.54) is 27.1 Å². The molecule has 5 aromatic heterocycles. The van der Waals surface area contributed by atoms with Crippen LogP contribution in [-0.2, 0) is 17.3 Å². The van der Waals surface area contributed by atoms with Gasteiger partial charge < -0.3 is 19.1 Å². The second-order valence-corrected chi connectivity index (χ2v) is 20.9. The van der Waals surface area contributed by atoms with Gasteiger partial charge in [0.1, 0.15) is 22.9 Å². The molecule has 1 saturated carbocycles. The number of ether oxygens (including phenoxy) is 1. The second kappa shape index (κ2) is 15.5. The SMILES string of the molecule is Cc1cc(-n2nc3c(c2-n2ccn(-c4ccc5c(cnn5C)c4F)c2=O)[C@H](C)N(C(=O)c2cc4cc([C@H]5CCOC(C)(C)C5)ccc4n2[C@@]2(c4noc(=O)[nH]4)C[C@@H]2C)C2CN(C)CCC32)cc(C)c1F. The smallest absolute Gasteiger partial charge is 0.376 e. The molecule has 1 N–H and O–H groups in total. The summed E-state index contributed by atoms with van der Waals surface area (Å²) in [5.41, 5.74) is 4.07. The van der Waals surface area contributed by atoms with Crippen molar-refractivity contribution in [2.45, 2.75) is 102 Å². The van der Waals surface area contributed by atoms with Gasteiger partial charge in [0, 0.05) is 55.0 Å². The maximum Gasteiger partial charge on any atom is 0.438 e. The highest BCUT2D eigenvalue weighted by molar-refractivity contribution is 6.00. The monoisotopic (exact) mass is 951 g/mol. The Balaban J connectivity index is 1.06. The molecular weight excluding hydrogens is 897 g/mol. The van der Waals surface area contributed by atoms with Gasteiger partial charge in [0.25, 0.3) is 5.91 Å². The molecule has 1 aliphatic carbocycles. The second-order valence-electron chi connectivity index (χ2n) is 20.9. The van der Waals surface area contributed by atoms with Crippen LogP contribution in [0.4, 0.5) is 8.78 Å². The normalized spacial score (nSPS) is 24.4. The van der Waals surface area contributed by atoms with Gasteiger partial charge in [0.15, 0.2) is 11.6 Å². The number of piperidine rings is 1. The van der Waals surface area contributed by atoms with Gasteiger partial charge in [-0.2, -0.15) is 10.2 Å². The summed E-state index contributed by atoms with van der Waals surface area (Å²) in [5, 5.41) is 15.0. The number of carbonyl (C=O) groups excluding carboxylic acids is 1. The number of carbonyl (C=O) groups is 1. The molecular formula is C52H55F2N11O5. The number of likely N-dealkylation sites (tertiary alicyclic amines) is 1. The van der Waals surface area contributed by atoms with Crippen molar-refractivity contribution < 1.29 is 22.8 Å². The summed E-state index contributed by atoms with van der Waals surface area (Å²) >= 11 is 0. The van der Waals surface area contributed by atoms with Crippen LogP contribution in [0.25, 0.3) is 39.0 Å². The molecule has 70 heavy (non-hydrogen) atoms. The lowest BCUT2D eigenvalue weighted by molar-refractivity contribution is -0.0592. The van der Waals surface area contributed by atoms with Crippen molar-refractivity contribution in [1.29, 1.82) is 0 Å². The molecule has 1 amide bonds. The summed E-state index contributed by atoms with van der Waals surface area (Å²) in [6, 6.07) is 14.1. The Morgan fingerprint density at radius 1 is 0.914 bits per heavy atom. The number of aromatic amines is 1. The van der Waals surface area contributed by atoms with Gasteiger partial charge >= 0.3 is 11.4 Å².